The van der Waals surface area contributed by atoms with E-state index in [-0.39, 0.29) is 12.1 Å². The third-order valence-electron chi connectivity index (χ3n) is 6.38. The minimum Gasteiger partial charge on any atom is -0.468 e. The number of likely N-dealkylation sites (tertiary alicyclic amines) is 1. The summed E-state index contributed by atoms with van der Waals surface area (Å²) in [7, 11) is 0. The van der Waals surface area contributed by atoms with Crippen LogP contribution in [0.2, 0.25) is 0 Å². The molecular formula is C23H32N4O2. The highest BCUT2D eigenvalue weighted by Gasteiger charge is 2.28. The molecule has 0 aliphatic carbocycles. The summed E-state index contributed by atoms with van der Waals surface area (Å²) in [4.78, 5) is 19.5. The molecule has 1 atom stereocenters. The highest BCUT2D eigenvalue weighted by atomic mass is 16.3. The van der Waals surface area contributed by atoms with Gasteiger partial charge in [-0.3, -0.25) is 4.90 Å². The van der Waals surface area contributed by atoms with Gasteiger partial charge in [-0.15, -0.1) is 0 Å². The van der Waals surface area contributed by atoms with Gasteiger partial charge in [-0.25, -0.2) is 4.79 Å². The molecule has 1 aromatic heterocycles. The molecular weight excluding hydrogens is 364 g/mol. The second-order valence-electron chi connectivity index (χ2n) is 8.15. The quantitative estimate of drug-likeness (QED) is 0.840. The normalized spacial score (nSPS) is 18.8. The first-order valence-corrected chi connectivity index (χ1v) is 10.7. The highest BCUT2D eigenvalue weighted by Crippen LogP contribution is 2.26. The first-order valence-electron chi connectivity index (χ1n) is 10.7. The standard InChI is InChI=1S/C23H32N4O2/c1-18-7-5-8-20(19(18)2)26-12-14-27(15-13-26)23(28)24-17-21(22-9-6-16-29-22)25-10-3-4-11-25/h5-9,16,21H,3-4,10-15,17H2,1-2H3,(H,24,28)/t21-/m1/s1. The average molecular weight is 397 g/mol. The number of carbonyl (C=O) groups excluding carboxylic acids is 1. The number of urea groups is 1. The van der Waals surface area contributed by atoms with Gasteiger partial charge in [0, 0.05) is 38.4 Å². The average Bonchev–Trinajstić information content (AvgIpc) is 3.45. The molecule has 29 heavy (non-hydrogen) atoms. The van der Waals surface area contributed by atoms with Gasteiger partial charge in [0.2, 0.25) is 0 Å². The molecule has 2 aromatic rings. The van der Waals surface area contributed by atoms with Crippen LogP contribution in [0.3, 0.4) is 0 Å². The van der Waals surface area contributed by atoms with E-state index in [1.54, 1.807) is 6.26 Å². The first-order chi connectivity index (χ1) is 14.1. The van der Waals surface area contributed by atoms with Crippen LogP contribution in [-0.4, -0.2) is 61.6 Å². The number of nitrogens with zero attached hydrogens (tertiary/aromatic N) is 3. The summed E-state index contributed by atoms with van der Waals surface area (Å²) in [5.41, 5.74) is 3.93. The van der Waals surface area contributed by atoms with Crippen molar-refractivity contribution in [1.82, 2.24) is 15.1 Å². The Kier molecular flexibility index (Phi) is 6.09. The predicted molar refractivity (Wildman–Crippen MR) is 115 cm³/mol. The van der Waals surface area contributed by atoms with Crippen molar-refractivity contribution in [3.63, 3.8) is 0 Å². The second-order valence-corrected chi connectivity index (χ2v) is 8.15. The molecule has 2 fully saturated rings. The van der Waals surface area contributed by atoms with Crippen molar-refractivity contribution in [1.29, 1.82) is 0 Å². The molecule has 2 aliphatic rings. The number of carbonyl (C=O) groups is 1. The third kappa shape index (κ3) is 4.42. The van der Waals surface area contributed by atoms with E-state index in [1.807, 2.05) is 17.0 Å². The number of furan rings is 1. The fourth-order valence-electron chi connectivity index (χ4n) is 4.47. The molecule has 0 unspecified atom stereocenters. The summed E-state index contributed by atoms with van der Waals surface area (Å²) in [6, 6.07) is 10.5. The number of anilines is 1. The van der Waals surface area contributed by atoms with Gasteiger partial charge in [0.1, 0.15) is 5.76 Å². The molecule has 3 heterocycles. The van der Waals surface area contributed by atoms with Gasteiger partial charge in [-0.2, -0.15) is 0 Å². The van der Waals surface area contributed by atoms with Crippen molar-refractivity contribution in [2.75, 3.05) is 50.7 Å². The largest absolute Gasteiger partial charge is 0.468 e. The van der Waals surface area contributed by atoms with Crippen LogP contribution in [0.4, 0.5) is 10.5 Å². The van der Waals surface area contributed by atoms with Gasteiger partial charge in [0.05, 0.1) is 12.3 Å². The molecule has 6 heteroatoms. The van der Waals surface area contributed by atoms with Crippen molar-refractivity contribution in [2.45, 2.75) is 32.7 Å². The Morgan fingerprint density at radius 3 is 2.48 bits per heavy atom. The maximum Gasteiger partial charge on any atom is 0.317 e. The maximum atomic E-state index is 12.8. The van der Waals surface area contributed by atoms with Crippen LogP contribution in [0.5, 0.6) is 0 Å². The monoisotopic (exact) mass is 396 g/mol. The zero-order chi connectivity index (χ0) is 20.2. The van der Waals surface area contributed by atoms with Crippen molar-refractivity contribution in [3.05, 3.63) is 53.5 Å². The number of hydrogen-bond donors (Lipinski definition) is 1. The van der Waals surface area contributed by atoms with E-state index in [0.717, 1.165) is 45.0 Å². The van der Waals surface area contributed by atoms with Crippen LogP contribution in [0.15, 0.2) is 41.0 Å². The summed E-state index contributed by atoms with van der Waals surface area (Å²) in [5, 5.41) is 3.16. The topological polar surface area (TPSA) is 52.0 Å². The minimum atomic E-state index is 0.0290. The summed E-state index contributed by atoms with van der Waals surface area (Å²) >= 11 is 0. The Bertz CT molecular complexity index is 806. The lowest BCUT2D eigenvalue weighted by Gasteiger charge is -2.37. The molecule has 1 aromatic carbocycles. The first kappa shape index (κ1) is 19.8. The molecule has 0 saturated carbocycles. The van der Waals surface area contributed by atoms with Gasteiger partial charge in [0.25, 0.3) is 0 Å². The molecule has 0 radical (unpaired) electrons. The minimum absolute atomic E-state index is 0.0290. The molecule has 156 valence electrons. The Hall–Kier alpha value is -2.47. The third-order valence-corrected chi connectivity index (χ3v) is 6.38. The van der Waals surface area contributed by atoms with E-state index in [1.165, 1.54) is 29.7 Å². The Balaban J connectivity index is 1.32. The van der Waals surface area contributed by atoms with Crippen LogP contribution in [0.25, 0.3) is 0 Å². The molecule has 2 saturated heterocycles. The van der Waals surface area contributed by atoms with Crippen molar-refractivity contribution < 1.29 is 9.21 Å². The fourth-order valence-corrected chi connectivity index (χ4v) is 4.47. The Labute approximate surface area is 173 Å². The summed E-state index contributed by atoms with van der Waals surface area (Å²) in [5.74, 6) is 0.937. The highest BCUT2D eigenvalue weighted by molar-refractivity contribution is 5.74. The zero-order valence-corrected chi connectivity index (χ0v) is 17.6. The zero-order valence-electron chi connectivity index (χ0n) is 17.6. The van der Waals surface area contributed by atoms with Gasteiger partial charge in [-0.1, -0.05) is 12.1 Å². The van der Waals surface area contributed by atoms with E-state index < -0.39 is 0 Å². The lowest BCUT2D eigenvalue weighted by atomic mass is 10.1. The predicted octanol–water partition coefficient (Wildman–Crippen LogP) is 3.57. The number of benzene rings is 1. The Morgan fingerprint density at radius 1 is 1.03 bits per heavy atom. The lowest BCUT2D eigenvalue weighted by molar-refractivity contribution is 0.179. The lowest BCUT2D eigenvalue weighted by Crippen LogP contribution is -2.53. The number of nitrogens with one attached hydrogen (secondary N) is 1. The van der Waals surface area contributed by atoms with Gasteiger partial charge in [-0.05, 0) is 69.1 Å². The van der Waals surface area contributed by atoms with E-state index in [2.05, 4.69) is 47.2 Å². The number of rotatable bonds is 5. The molecule has 6 nitrogen and oxygen atoms in total. The van der Waals surface area contributed by atoms with Gasteiger partial charge >= 0.3 is 6.03 Å². The number of hydrogen-bond acceptors (Lipinski definition) is 4. The maximum absolute atomic E-state index is 12.8. The molecule has 2 amide bonds. The molecule has 2 aliphatic heterocycles. The smallest absolute Gasteiger partial charge is 0.317 e. The van der Waals surface area contributed by atoms with Crippen LogP contribution in [0, 0.1) is 13.8 Å². The number of piperazine rings is 1. The summed E-state index contributed by atoms with van der Waals surface area (Å²) in [6.45, 7) is 10.3. The van der Waals surface area contributed by atoms with Crippen molar-refractivity contribution in [2.24, 2.45) is 0 Å². The van der Waals surface area contributed by atoms with Gasteiger partial charge < -0.3 is 19.5 Å². The molecule has 0 spiro atoms. The molecule has 4 rings (SSSR count). The van der Waals surface area contributed by atoms with E-state index in [0.29, 0.717) is 6.54 Å². The van der Waals surface area contributed by atoms with Gasteiger partial charge in [0.15, 0.2) is 0 Å². The number of aryl methyl sites for hydroxylation is 1. The van der Waals surface area contributed by atoms with E-state index in [4.69, 9.17) is 4.42 Å². The van der Waals surface area contributed by atoms with Crippen molar-refractivity contribution >= 4 is 11.7 Å². The molecule has 0 bridgehead atoms. The van der Waals surface area contributed by atoms with Crippen LogP contribution < -0.4 is 10.2 Å². The molecule has 1 N–H and O–H groups in total. The van der Waals surface area contributed by atoms with Crippen LogP contribution in [-0.2, 0) is 0 Å². The Morgan fingerprint density at radius 2 is 1.79 bits per heavy atom. The van der Waals surface area contributed by atoms with Crippen LogP contribution >= 0.6 is 0 Å². The van der Waals surface area contributed by atoms with E-state index in [9.17, 15) is 4.79 Å². The van der Waals surface area contributed by atoms with E-state index >= 15 is 0 Å². The summed E-state index contributed by atoms with van der Waals surface area (Å²) in [6.07, 6.45) is 4.14. The number of amides is 2. The fraction of sp³-hybridized carbons (Fsp3) is 0.522. The summed E-state index contributed by atoms with van der Waals surface area (Å²) < 4.78 is 5.66. The SMILES string of the molecule is Cc1cccc(N2CCN(C(=O)NC[C@H](c3ccco3)N3CCCC3)CC2)c1C. The second kappa shape index (κ2) is 8.91. The van der Waals surface area contributed by atoms with Crippen molar-refractivity contribution in [3.8, 4) is 0 Å². The van der Waals surface area contributed by atoms with Crippen LogP contribution in [0.1, 0.15) is 35.8 Å².